The zero-order valence-electron chi connectivity index (χ0n) is 13.8. The summed E-state index contributed by atoms with van der Waals surface area (Å²) < 4.78 is 16.7. The first-order chi connectivity index (χ1) is 13.2. The third-order valence-corrected chi connectivity index (χ3v) is 4.03. The molecule has 0 unspecified atom stereocenters. The number of benzene rings is 2. The second kappa shape index (κ2) is 7.32. The lowest BCUT2D eigenvalue weighted by atomic mass is 10.1. The smallest absolute Gasteiger partial charge is 0.270 e. The van der Waals surface area contributed by atoms with Gasteiger partial charge in [-0.3, -0.25) is 0 Å². The first-order valence-corrected chi connectivity index (χ1v) is 8.26. The molecule has 2 aromatic carbocycles. The Kier molecular flexibility index (Phi) is 4.56. The molecule has 4 aromatic rings. The number of ether oxygens (including phenoxy) is 1. The highest BCUT2D eigenvalue weighted by atomic mass is 35.5. The summed E-state index contributed by atoms with van der Waals surface area (Å²) in [6.07, 6.45) is 1.30. The van der Waals surface area contributed by atoms with Crippen LogP contribution in [0.25, 0.3) is 22.9 Å². The van der Waals surface area contributed by atoms with E-state index in [4.69, 9.17) is 30.4 Å². The maximum Gasteiger partial charge on any atom is 0.270 e. The highest BCUT2D eigenvalue weighted by Crippen LogP contribution is 2.34. The van der Waals surface area contributed by atoms with Gasteiger partial charge in [0.1, 0.15) is 5.75 Å². The van der Waals surface area contributed by atoms with Crippen molar-refractivity contribution in [3.8, 4) is 34.7 Å². The lowest BCUT2D eigenvalue weighted by Crippen LogP contribution is -1.95. The fraction of sp³-hybridized carbons (Fsp3) is 0.0526. The minimum atomic E-state index is 0.0815. The number of rotatable bonds is 5. The van der Waals surface area contributed by atoms with Gasteiger partial charge in [-0.25, -0.2) is 4.98 Å². The SMILES string of the molecule is N#Cc1ccc(OCc2nnc(-c3ncoc3-c3ccccc3Cl)o2)cc1. The van der Waals surface area contributed by atoms with E-state index in [1.807, 2.05) is 24.3 Å². The standard InChI is InChI=1S/C19H11ClN4O3/c20-15-4-2-1-3-14(15)18-17(22-11-26-18)19-24-23-16(27-19)10-25-13-7-5-12(9-21)6-8-13/h1-8,11H,10H2. The Bertz CT molecular complexity index is 1110. The average Bonchev–Trinajstić information content (AvgIpc) is 3.36. The lowest BCUT2D eigenvalue weighted by Gasteiger charge is -2.02. The predicted octanol–water partition coefficient (Wildman–Crippen LogP) is 4.50. The van der Waals surface area contributed by atoms with Crippen molar-refractivity contribution in [3.05, 3.63) is 71.4 Å². The van der Waals surface area contributed by atoms with E-state index >= 15 is 0 Å². The van der Waals surface area contributed by atoms with Crippen LogP contribution < -0.4 is 4.74 Å². The molecular weight excluding hydrogens is 368 g/mol. The summed E-state index contributed by atoms with van der Waals surface area (Å²) in [7, 11) is 0. The van der Waals surface area contributed by atoms with Crippen molar-refractivity contribution in [3.63, 3.8) is 0 Å². The predicted molar refractivity (Wildman–Crippen MR) is 95.7 cm³/mol. The molecule has 7 nitrogen and oxygen atoms in total. The van der Waals surface area contributed by atoms with Crippen LogP contribution >= 0.6 is 11.6 Å². The Morgan fingerprint density at radius 2 is 1.89 bits per heavy atom. The zero-order chi connectivity index (χ0) is 18.6. The summed E-state index contributed by atoms with van der Waals surface area (Å²) >= 11 is 6.22. The van der Waals surface area contributed by atoms with Crippen LogP contribution in [0.5, 0.6) is 5.75 Å². The first kappa shape index (κ1) is 16.8. The highest BCUT2D eigenvalue weighted by molar-refractivity contribution is 6.33. The average molecular weight is 379 g/mol. The van der Waals surface area contributed by atoms with Crippen molar-refractivity contribution >= 4 is 11.6 Å². The Hall–Kier alpha value is -3.63. The molecule has 0 N–H and O–H groups in total. The van der Waals surface area contributed by atoms with Crippen molar-refractivity contribution in [1.82, 2.24) is 15.2 Å². The normalized spacial score (nSPS) is 10.5. The minimum Gasteiger partial charge on any atom is -0.484 e. The summed E-state index contributed by atoms with van der Waals surface area (Å²) in [5.41, 5.74) is 1.64. The van der Waals surface area contributed by atoms with Gasteiger partial charge in [-0.1, -0.05) is 23.7 Å². The van der Waals surface area contributed by atoms with Crippen LogP contribution in [-0.2, 0) is 6.61 Å². The quantitative estimate of drug-likeness (QED) is 0.504. The van der Waals surface area contributed by atoms with Crippen LogP contribution in [0.2, 0.25) is 5.02 Å². The molecule has 132 valence electrons. The summed E-state index contributed by atoms with van der Waals surface area (Å²) in [5, 5.41) is 17.3. The van der Waals surface area contributed by atoms with E-state index < -0.39 is 0 Å². The van der Waals surface area contributed by atoms with Crippen LogP contribution in [0.15, 0.2) is 63.8 Å². The molecule has 0 saturated carbocycles. The van der Waals surface area contributed by atoms with Gasteiger partial charge in [0.25, 0.3) is 11.8 Å². The van der Waals surface area contributed by atoms with Crippen LogP contribution in [0.4, 0.5) is 0 Å². The number of nitriles is 1. The van der Waals surface area contributed by atoms with Crippen molar-refractivity contribution in [2.45, 2.75) is 6.61 Å². The Balaban J connectivity index is 1.53. The molecule has 0 fully saturated rings. The fourth-order valence-electron chi connectivity index (χ4n) is 2.41. The van der Waals surface area contributed by atoms with Gasteiger partial charge in [-0.15, -0.1) is 10.2 Å². The van der Waals surface area contributed by atoms with Crippen LogP contribution in [0, 0.1) is 11.3 Å². The van der Waals surface area contributed by atoms with Crippen molar-refractivity contribution in [2.24, 2.45) is 0 Å². The molecule has 0 saturated heterocycles. The number of oxazole rings is 1. The van der Waals surface area contributed by atoms with Gasteiger partial charge in [0.05, 0.1) is 16.7 Å². The number of hydrogen-bond acceptors (Lipinski definition) is 7. The summed E-state index contributed by atoms with van der Waals surface area (Å²) in [6.45, 7) is 0.0815. The summed E-state index contributed by atoms with van der Waals surface area (Å²) in [5.74, 6) is 1.52. The van der Waals surface area contributed by atoms with E-state index in [9.17, 15) is 0 Å². The molecule has 0 spiro atoms. The number of halogens is 1. The first-order valence-electron chi connectivity index (χ1n) is 7.88. The third kappa shape index (κ3) is 3.52. The van der Waals surface area contributed by atoms with Crippen molar-refractivity contribution < 1.29 is 13.6 Å². The largest absolute Gasteiger partial charge is 0.484 e. The Morgan fingerprint density at radius 3 is 2.67 bits per heavy atom. The molecule has 0 aliphatic carbocycles. The molecule has 4 rings (SSSR count). The van der Waals surface area contributed by atoms with E-state index in [0.29, 0.717) is 33.4 Å². The molecule has 0 bridgehead atoms. The summed E-state index contributed by atoms with van der Waals surface area (Å²) in [6, 6.07) is 16.0. The van der Waals surface area contributed by atoms with Gasteiger partial charge in [-0.05, 0) is 36.4 Å². The van der Waals surface area contributed by atoms with Crippen LogP contribution in [0.3, 0.4) is 0 Å². The molecular formula is C19H11ClN4O3. The molecule has 2 heterocycles. The van der Waals surface area contributed by atoms with Crippen molar-refractivity contribution in [2.75, 3.05) is 0 Å². The van der Waals surface area contributed by atoms with Gasteiger partial charge in [-0.2, -0.15) is 5.26 Å². The van der Waals surface area contributed by atoms with E-state index in [1.54, 1.807) is 30.3 Å². The second-order valence-corrected chi connectivity index (χ2v) is 5.84. The van der Waals surface area contributed by atoms with Gasteiger partial charge in [0.2, 0.25) is 0 Å². The second-order valence-electron chi connectivity index (χ2n) is 5.44. The molecule has 0 amide bonds. The van der Waals surface area contributed by atoms with E-state index in [2.05, 4.69) is 15.2 Å². The maximum atomic E-state index is 8.81. The van der Waals surface area contributed by atoms with Gasteiger partial charge >= 0.3 is 0 Å². The molecule has 0 radical (unpaired) electrons. The van der Waals surface area contributed by atoms with E-state index in [-0.39, 0.29) is 18.4 Å². The monoisotopic (exact) mass is 378 g/mol. The van der Waals surface area contributed by atoms with Gasteiger partial charge in [0, 0.05) is 5.56 Å². The fourth-order valence-corrected chi connectivity index (χ4v) is 2.63. The lowest BCUT2D eigenvalue weighted by molar-refractivity contribution is 0.264. The Morgan fingerprint density at radius 1 is 1.07 bits per heavy atom. The molecule has 0 aliphatic heterocycles. The number of aromatic nitrogens is 3. The Labute approximate surface area is 158 Å². The van der Waals surface area contributed by atoms with Gasteiger partial charge < -0.3 is 13.6 Å². The third-order valence-electron chi connectivity index (χ3n) is 3.70. The number of hydrogen-bond donors (Lipinski definition) is 0. The summed E-state index contributed by atoms with van der Waals surface area (Å²) in [4.78, 5) is 4.16. The molecule has 0 atom stereocenters. The zero-order valence-corrected chi connectivity index (χ0v) is 14.6. The minimum absolute atomic E-state index is 0.0815. The van der Waals surface area contributed by atoms with Crippen LogP contribution in [0.1, 0.15) is 11.5 Å². The molecule has 0 aliphatic rings. The van der Waals surface area contributed by atoms with Gasteiger partial charge in [0.15, 0.2) is 24.5 Å². The maximum absolute atomic E-state index is 8.81. The van der Waals surface area contributed by atoms with E-state index in [1.165, 1.54) is 6.39 Å². The molecule has 27 heavy (non-hydrogen) atoms. The number of nitrogens with zero attached hydrogens (tertiary/aromatic N) is 4. The van der Waals surface area contributed by atoms with E-state index in [0.717, 1.165) is 0 Å². The topological polar surface area (TPSA) is 98.0 Å². The van der Waals surface area contributed by atoms with Crippen molar-refractivity contribution in [1.29, 1.82) is 5.26 Å². The van der Waals surface area contributed by atoms with Crippen LogP contribution in [-0.4, -0.2) is 15.2 Å². The highest BCUT2D eigenvalue weighted by Gasteiger charge is 2.20. The molecule has 8 heteroatoms. The molecule has 2 aromatic heterocycles.